The Kier molecular flexibility index (Phi) is 8.43. The first-order valence-electron chi connectivity index (χ1n) is 11.1. The number of anilines is 1. The lowest BCUT2D eigenvalue weighted by atomic mass is 9.85. The third-order valence-electron chi connectivity index (χ3n) is 6.17. The van der Waals surface area contributed by atoms with Crippen molar-refractivity contribution in [2.24, 2.45) is 17.4 Å². The molecule has 0 aliphatic carbocycles. The van der Waals surface area contributed by atoms with Crippen LogP contribution >= 0.6 is 0 Å². The standard InChI is InChI=1S/C25H33FN4O3/c1-17-3-4-19(14-21(27)16-31)23(13-17)29(2)33-12-11-30-9-7-18(8-10-30)25(28)22-6-5-20(26)15-24(22)32/h3-6,13-16,18,25,32H,7-12,27-28H2,1-2H3/b21-14-. The van der Waals surface area contributed by atoms with E-state index in [9.17, 15) is 14.3 Å². The maximum absolute atomic E-state index is 13.3. The fourth-order valence-electron chi connectivity index (χ4n) is 4.23. The average Bonchev–Trinajstić information content (AvgIpc) is 2.80. The molecule has 5 N–H and O–H groups in total. The summed E-state index contributed by atoms with van der Waals surface area (Å²) < 4.78 is 13.3. The van der Waals surface area contributed by atoms with Crippen LogP contribution in [0.5, 0.6) is 5.75 Å². The van der Waals surface area contributed by atoms with E-state index < -0.39 is 5.82 Å². The molecule has 33 heavy (non-hydrogen) atoms. The first-order valence-corrected chi connectivity index (χ1v) is 11.1. The van der Waals surface area contributed by atoms with E-state index in [4.69, 9.17) is 16.3 Å². The predicted molar refractivity (Wildman–Crippen MR) is 128 cm³/mol. The van der Waals surface area contributed by atoms with Crippen molar-refractivity contribution in [3.63, 3.8) is 0 Å². The Morgan fingerprint density at radius 1 is 1.30 bits per heavy atom. The quantitative estimate of drug-likeness (QED) is 0.302. The number of carbonyl (C=O) groups excluding carboxylic acids is 1. The van der Waals surface area contributed by atoms with Gasteiger partial charge in [0, 0.05) is 36.8 Å². The normalized spacial score (nSPS) is 16.5. The molecule has 7 nitrogen and oxygen atoms in total. The van der Waals surface area contributed by atoms with Crippen LogP contribution in [0.1, 0.15) is 35.6 Å². The number of aldehydes is 1. The number of carbonyl (C=O) groups is 1. The van der Waals surface area contributed by atoms with Crippen LogP contribution in [0.25, 0.3) is 6.08 Å². The molecule has 1 heterocycles. The maximum atomic E-state index is 13.3. The topological polar surface area (TPSA) is 105 Å². The Bertz CT molecular complexity index is 990. The van der Waals surface area contributed by atoms with Gasteiger partial charge in [-0.25, -0.2) is 4.39 Å². The summed E-state index contributed by atoms with van der Waals surface area (Å²) in [6.45, 7) is 5.02. The lowest BCUT2D eigenvalue weighted by Crippen LogP contribution is -2.39. The SMILES string of the molecule is Cc1ccc(/C=C(\N)C=O)c(N(C)OCCN2CCC(C(N)c3ccc(F)cc3O)CC2)c1. The number of hydrogen-bond donors (Lipinski definition) is 3. The molecule has 0 saturated carbocycles. The molecular formula is C25H33FN4O3. The molecule has 1 saturated heterocycles. The molecule has 0 spiro atoms. The Morgan fingerprint density at radius 2 is 2.03 bits per heavy atom. The lowest BCUT2D eigenvalue weighted by Gasteiger charge is -2.35. The van der Waals surface area contributed by atoms with Gasteiger partial charge in [-0.15, -0.1) is 0 Å². The smallest absolute Gasteiger partial charge is 0.165 e. The van der Waals surface area contributed by atoms with Crippen molar-refractivity contribution in [1.82, 2.24) is 4.90 Å². The molecule has 178 valence electrons. The Balaban J connectivity index is 1.50. The van der Waals surface area contributed by atoms with Gasteiger partial charge in [0.15, 0.2) is 6.29 Å². The number of likely N-dealkylation sites (tertiary alicyclic amines) is 1. The van der Waals surface area contributed by atoms with Gasteiger partial charge in [-0.1, -0.05) is 18.2 Å². The second-order valence-electron chi connectivity index (χ2n) is 8.56. The molecule has 8 heteroatoms. The van der Waals surface area contributed by atoms with E-state index in [0.717, 1.165) is 55.4 Å². The second-order valence-corrected chi connectivity index (χ2v) is 8.56. The molecule has 0 amide bonds. The summed E-state index contributed by atoms with van der Waals surface area (Å²) >= 11 is 0. The first kappa shape index (κ1) is 24.7. The van der Waals surface area contributed by atoms with Crippen LogP contribution in [-0.2, 0) is 9.63 Å². The lowest BCUT2D eigenvalue weighted by molar-refractivity contribution is -0.104. The molecule has 0 radical (unpaired) electrons. The molecule has 3 rings (SSSR count). The number of halogens is 1. The number of phenols is 1. The maximum Gasteiger partial charge on any atom is 0.165 e. The molecule has 2 aromatic carbocycles. The van der Waals surface area contributed by atoms with Crippen molar-refractivity contribution in [3.8, 4) is 5.75 Å². The second kappa shape index (κ2) is 11.3. The number of aryl methyl sites for hydroxylation is 1. The van der Waals surface area contributed by atoms with Crippen LogP contribution in [-0.4, -0.2) is 49.6 Å². The number of nitrogens with zero attached hydrogens (tertiary/aromatic N) is 2. The number of rotatable bonds is 9. The molecule has 0 aromatic heterocycles. The largest absolute Gasteiger partial charge is 0.508 e. The monoisotopic (exact) mass is 456 g/mol. The average molecular weight is 457 g/mol. The van der Waals surface area contributed by atoms with E-state index in [0.29, 0.717) is 18.5 Å². The van der Waals surface area contributed by atoms with E-state index >= 15 is 0 Å². The fraction of sp³-hybridized carbons (Fsp3) is 0.400. The van der Waals surface area contributed by atoms with Crippen molar-refractivity contribution in [3.05, 3.63) is 64.6 Å². The minimum absolute atomic E-state index is 0.0818. The van der Waals surface area contributed by atoms with Crippen LogP contribution < -0.4 is 16.5 Å². The summed E-state index contributed by atoms with van der Waals surface area (Å²) in [6, 6.07) is 9.56. The van der Waals surface area contributed by atoms with Crippen LogP contribution in [0.3, 0.4) is 0 Å². The summed E-state index contributed by atoms with van der Waals surface area (Å²) in [5.41, 5.74) is 15.5. The zero-order chi connectivity index (χ0) is 24.0. The molecule has 1 aliphatic heterocycles. The van der Waals surface area contributed by atoms with E-state index in [1.54, 1.807) is 17.2 Å². The Hall–Kier alpha value is -2.94. The molecule has 0 bridgehead atoms. The fourth-order valence-corrected chi connectivity index (χ4v) is 4.23. The van der Waals surface area contributed by atoms with Crippen molar-refractivity contribution >= 4 is 18.0 Å². The van der Waals surface area contributed by atoms with Gasteiger partial charge in [0.1, 0.15) is 11.6 Å². The van der Waals surface area contributed by atoms with Crippen molar-refractivity contribution in [2.45, 2.75) is 25.8 Å². The van der Waals surface area contributed by atoms with E-state index in [-0.39, 0.29) is 23.4 Å². The predicted octanol–water partition coefficient (Wildman–Crippen LogP) is 3.12. The van der Waals surface area contributed by atoms with Crippen LogP contribution in [0.2, 0.25) is 0 Å². The number of hydroxylamine groups is 1. The highest BCUT2D eigenvalue weighted by atomic mass is 19.1. The molecule has 1 aliphatic rings. The summed E-state index contributed by atoms with van der Waals surface area (Å²) in [4.78, 5) is 19.2. The zero-order valence-corrected chi connectivity index (χ0v) is 19.2. The van der Waals surface area contributed by atoms with Crippen molar-refractivity contribution in [2.75, 3.05) is 38.4 Å². The number of allylic oxidation sites excluding steroid dienone is 1. The number of hydrogen-bond acceptors (Lipinski definition) is 7. The van der Waals surface area contributed by atoms with Gasteiger partial charge >= 0.3 is 0 Å². The minimum atomic E-state index is -0.468. The Labute approximate surface area is 194 Å². The molecule has 1 unspecified atom stereocenters. The number of piperidine rings is 1. The van der Waals surface area contributed by atoms with Crippen LogP contribution in [0.15, 0.2) is 42.1 Å². The van der Waals surface area contributed by atoms with Crippen molar-refractivity contribution < 1.29 is 19.1 Å². The van der Waals surface area contributed by atoms with Crippen LogP contribution in [0, 0.1) is 18.7 Å². The van der Waals surface area contributed by atoms with Gasteiger partial charge in [0.25, 0.3) is 0 Å². The highest BCUT2D eigenvalue weighted by Crippen LogP contribution is 2.33. The minimum Gasteiger partial charge on any atom is -0.508 e. The summed E-state index contributed by atoms with van der Waals surface area (Å²) in [5.74, 6) is -0.322. The van der Waals surface area contributed by atoms with Crippen LogP contribution in [0.4, 0.5) is 10.1 Å². The van der Waals surface area contributed by atoms with Gasteiger partial charge in [-0.3, -0.25) is 14.7 Å². The van der Waals surface area contributed by atoms with Gasteiger partial charge in [-0.2, -0.15) is 0 Å². The summed E-state index contributed by atoms with van der Waals surface area (Å²) in [7, 11) is 1.84. The van der Waals surface area contributed by atoms with Gasteiger partial charge in [-0.05, 0) is 62.5 Å². The van der Waals surface area contributed by atoms with Gasteiger partial charge in [0.05, 0.1) is 18.0 Å². The summed E-state index contributed by atoms with van der Waals surface area (Å²) in [6.07, 6.45) is 4.04. The van der Waals surface area contributed by atoms with E-state index in [1.807, 2.05) is 32.2 Å². The van der Waals surface area contributed by atoms with Gasteiger partial charge < -0.3 is 21.5 Å². The number of nitrogens with two attached hydrogens (primary N) is 2. The molecular weight excluding hydrogens is 423 g/mol. The number of phenolic OH excluding ortho intramolecular Hbond substituents is 1. The third-order valence-corrected chi connectivity index (χ3v) is 6.17. The highest BCUT2D eigenvalue weighted by Gasteiger charge is 2.27. The first-order chi connectivity index (χ1) is 15.8. The highest BCUT2D eigenvalue weighted by molar-refractivity contribution is 5.83. The molecule has 1 atom stereocenters. The Morgan fingerprint density at radius 3 is 2.70 bits per heavy atom. The van der Waals surface area contributed by atoms with Crippen molar-refractivity contribution in [1.29, 1.82) is 0 Å². The molecule has 1 fully saturated rings. The van der Waals surface area contributed by atoms with E-state index in [1.165, 1.54) is 6.07 Å². The third kappa shape index (κ3) is 6.54. The number of benzene rings is 2. The molecule has 2 aromatic rings. The van der Waals surface area contributed by atoms with E-state index in [2.05, 4.69) is 4.90 Å². The van der Waals surface area contributed by atoms with Gasteiger partial charge in [0.2, 0.25) is 0 Å². The zero-order valence-electron chi connectivity index (χ0n) is 19.2. The number of aromatic hydroxyl groups is 1. The summed E-state index contributed by atoms with van der Waals surface area (Å²) in [5, 5.41) is 11.7.